The molecule has 0 aliphatic rings. The zero-order chi connectivity index (χ0) is 32.6. The van der Waals surface area contributed by atoms with Gasteiger partial charge in [-0.1, -0.05) is 140 Å². The van der Waals surface area contributed by atoms with Gasteiger partial charge in [0.25, 0.3) is 0 Å². The first-order valence-corrected chi connectivity index (χ1v) is 16.0. The molecule has 7 heteroatoms. The minimum Gasteiger partial charge on any atom is -0.456 e. The van der Waals surface area contributed by atoms with Crippen LogP contribution in [0, 0.1) is 0 Å². The van der Waals surface area contributed by atoms with E-state index in [1.807, 2.05) is 146 Å². The molecule has 49 heavy (non-hydrogen) atoms. The van der Waals surface area contributed by atoms with E-state index in [1.54, 1.807) is 0 Å². The molecule has 0 atom stereocenters. The Morgan fingerprint density at radius 2 is 0.673 bits per heavy atom. The number of aromatic nitrogens is 6. The smallest absolute Gasteiger partial charge is 0.164 e. The van der Waals surface area contributed by atoms with Crippen molar-refractivity contribution in [3.05, 3.63) is 158 Å². The minimum atomic E-state index is 0.511. The molecule has 0 radical (unpaired) electrons. The maximum atomic E-state index is 6.49. The third-order valence-corrected chi connectivity index (χ3v) is 8.38. The minimum absolute atomic E-state index is 0.511. The number of rotatable bonds is 6. The van der Waals surface area contributed by atoms with E-state index in [4.69, 9.17) is 34.3 Å². The molecule has 0 N–H and O–H groups in total. The van der Waals surface area contributed by atoms with Crippen LogP contribution in [-0.2, 0) is 0 Å². The zero-order valence-corrected chi connectivity index (χ0v) is 26.1. The highest BCUT2D eigenvalue weighted by atomic mass is 16.3. The van der Waals surface area contributed by atoms with Crippen molar-refractivity contribution < 1.29 is 4.42 Å². The Bertz CT molecular complexity index is 2470. The summed E-state index contributed by atoms with van der Waals surface area (Å²) in [6, 6.07) is 51.9. The van der Waals surface area contributed by atoms with Crippen LogP contribution in [0.2, 0.25) is 0 Å². The topological polar surface area (TPSA) is 90.5 Å². The largest absolute Gasteiger partial charge is 0.456 e. The summed E-state index contributed by atoms with van der Waals surface area (Å²) >= 11 is 0. The maximum Gasteiger partial charge on any atom is 0.164 e. The molecule has 0 aliphatic carbocycles. The maximum absolute atomic E-state index is 6.49. The molecule has 3 heterocycles. The van der Waals surface area contributed by atoms with Crippen molar-refractivity contribution in [2.45, 2.75) is 0 Å². The van der Waals surface area contributed by atoms with Crippen LogP contribution in [0.3, 0.4) is 0 Å². The Balaban J connectivity index is 1.33. The number of benzene rings is 6. The first-order valence-electron chi connectivity index (χ1n) is 16.0. The van der Waals surface area contributed by atoms with Gasteiger partial charge in [-0.15, -0.1) is 0 Å². The molecule has 0 amide bonds. The van der Waals surface area contributed by atoms with Gasteiger partial charge in [0.05, 0.1) is 0 Å². The lowest BCUT2D eigenvalue weighted by molar-refractivity contribution is 0.669. The van der Waals surface area contributed by atoms with Crippen LogP contribution in [0.4, 0.5) is 0 Å². The van der Waals surface area contributed by atoms with Crippen LogP contribution in [0.1, 0.15) is 0 Å². The lowest BCUT2D eigenvalue weighted by Gasteiger charge is -2.12. The van der Waals surface area contributed by atoms with E-state index >= 15 is 0 Å². The molecule has 7 nitrogen and oxygen atoms in total. The van der Waals surface area contributed by atoms with Gasteiger partial charge in [-0.3, -0.25) is 0 Å². The molecule has 0 bridgehead atoms. The molecule has 0 spiro atoms. The van der Waals surface area contributed by atoms with E-state index < -0.39 is 0 Å². The van der Waals surface area contributed by atoms with Crippen LogP contribution >= 0.6 is 0 Å². The van der Waals surface area contributed by atoms with Crippen LogP contribution in [-0.4, -0.2) is 29.9 Å². The Labute approximate surface area is 281 Å². The van der Waals surface area contributed by atoms with E-state index in [1.165, 1.54) is 0 Å². The van der Waals surface area contributed by atoms with Gasteiger partial charge < -0.3 is 4.42 Å². The molecule has 230 valence electrons. The van der Waals surface area contributed by atoms with Gasteiger partial charge in [-0.25, -0.2) is 29.9 Å². The molecule has 3 aromatic heterocycles. The van der Waals surface area contributed by atoms with Crippen molar-refractivity contribution in [2.24, 2.45) is 0 Å². The summed E-state index contributed by atoms with van der Waals surface area (Å²) in [7, 11) is 0. The molecule has 0 aliphatic heterocycles. The molecule has 0 fully saturated rings. The number of hydrogen-bond acceptors (Lipinski definition) is 7. The summed E-state index contributed by atoms with van der Waals surface area (Å²) in [4.78, 5) is 30.0. The van der Waals surface area contributed by atoms with E-state index in [2.05, 4.69) is 12.1 Å². The summed E-state index contributed by atoms with van der Waals surface area (Å²) in [5, 5.41) is 1.87. The van der Waals surface area contributed by atoms with Gasteiger partial charge in [0.1, 0.15) is 11.2 Å². The van der Waals surface area contributed by atoms with Crippen LogP contribution < -0.4 is 0 Å². The first-order chi connectivity index (χ1) is 24.3. The normalized spacial score (nSPS) is 11.3. The van der Waals surface area contributed by atoms with Crippen LogP contribution in [0.15, 0.2) is 162 Å². The fourth-order valence-corrected chi connectivity index (χ4v) is 6.03. The third kappa shape index (κ3) is 5.39. The predicted octanol–water partition coefficient (Wildman–Crippen LogP) is 9.96. The van der Waals surface area contributed by atoms with Crippen molar-refractivity contribution in [1.29, 1.82) is 0 Å². The quantitative estimate of drug-likeness (QED) is 0.181. The van der Waals surface area contributed by atoms with Gasteiger partial charge >= 0.3 is 0 Å². The first kappa shape index (κ1) is 28.4. The highest BCUT2D eigenvalue weighted by Crippen LogP contribution is 2.39. The van der Waals surface area contributed by atoms with Crippen molar-refractivity contribution in [3.8, 4) is 68.3 Å². The van der Waals surface area contributed by atoms with Crippen molar-refractivity contribution >= 4 is 21.9 Å². The average Bonchev–Trinajstić information content (AvgIpc) is 3.57. The second kappa shape index (κ2) is 12.1. The number of furan rings is 1. The van der Waals surface area contributed by atoms with Gasteiger partial charge in [0.2, 0.25) is 0 Å². The number of fused-ring (bicyclic) bond motifs is 3. The van der Waals surface area contributed by atoms with Crippen molar-refractivity contribution in [2.75, 3.05) is 0 Å². The molecular formula is C42H26N6O. The monoisotopic (exact) mass is 630 g/mol. The number of nitrogens with zero attached hydrogens (tertiary/aromatic N) is 6. The Kier molecular flexibility index (Phi) is 6.98. The summed E-state index contributed by atoms with van der Waals surface area (Å²) < 4.78 is 6.49. The standard InChI is InChI=1S/C42H26N6O/c1-5-15-27(16-6-1)37-43-38(28-17-7-2-8-18-28)46-41(45-37)31-25-33(36-32-23-13-14-24-34(32)49-35(36)26-31)42-47-39(29-19-9-3-10-20-29)44-40(48-42)30-21-11-4-12-22-30/h1-26H. The van der Waals surface area contributed by atoms with E-state index in [-0.39, 0.29) is 0 Å². The SMILES string of the molecule is c1ccc(-c2nc(-c3ccccc3)nc(-c3cc(-c4nc(-c5ccccc5)nc(-c5ccccc5)n4)c4c(c3)oc3ccccc34)n2)cc1. The number of hydrogen-bond donors (Lipinski definition) is 0. The molecular weight excluding hydrogens is 605 g/mol. The zero-order valence-electron chi connectivity index (χ0n) is 26.1. The van der Waals surface area contributed by atoms with Gasteiger partial charge in [-0.05, 0) is 18.2 Å². The highest BCUT2D eigenvalue weighted by molar-refractivity contribution is 6.13. The predicted molar refractivity (Wildman–Crippen MR) is 193 cm³/mol. The highest BCUT2D eigenvalue weighted by Gasteiger charge is 2.21. The molecule has 6 aromatic carbocycles. The molecule has 9 aromatic rings. The van der Waals surface area contributed by atoms with E-state index in [9.17, 15) is 0 Å². The van der Waals surface area contributed by atoms with E-state index in [0.717, 1.165) is 49.7 Å². The Morgan fingerprint density at radius 3 is 1.12 bits per heavy atom. The molecule has 0 saturated heterocycles. The van der Waals surface area contributed by atoms with Gasteiger partial charge in [0, 0.05) is 44.2 Å². The Morgan fingerprint density at radius 1 is 0.306 bits per heavy atom. The van der Waals surface area contributed by atoms with Gasteiger partial charge in [-0.2, -0.15) is 0 Å². The summed E-state index contributed by atoms with van der Waals surface area (Å²) in [5.41, 5.74) is 6.56. The summed E-state index contributed by atoms with van der Waals surface area (Å²) in [5.74, 6) is 3.34. The lowest BCUT2D eigenvalue weighted by Crippen LogP contribution is -2.02. The lowest BCUT2D eigenvalue weighted by atomic mass is 10.0. The molecule has 0 saturated carbocycles. The van der Waals surface area contributed by atoms with Crippen molar-refractivity contribution in [1.82, 2.24) is 29.9 Å². The second-order valence-electron chi connectivity index (χ2n) is 11.6. The molecule has 9 rings (SSSR count). The summed E-state index contributed by atoms with van der Waals surface area (Å²) in [6.45, 7) is 0. The van der Waals surface area contributed by atoms with E-state index in [0.29, 0.717) is 40.5 Å². The summed E-state index contributed by atoms with van der Waals surface area (Å²) in [6.07, 6.45) is 0. The third-order valence-electron chi connectivity index (χ3n) is 8.38. The van der Waals surface area contributed by atoms with Crippen LogP contribution in [0.5, 0.6) is 0 Å². The fraction of sp³-hybridized carbons (Fsp3) is 0. The van der Waals surface area contributed by atoms with Gasteiger partial charge in [0.15, 0.2) is 34.9 Å². The fourth-order valence-electron chi connectivity index (χ4n) is 6.03. The second-order valence-corrected chi connectivity index (χ2v) is 11.6. The van der Waals surface area contributed by atoms with Crippen LogP contribution in [0.25, 0.3) is 90.3 Å². The Hall–Kier alpha value is -6.86. The molecule has 0 unspecified atom stereocenters. The average molecular weight is 631 g/mol. The van der Waals surface area contributed by atoms with Crippen molar-refractivity contribution in [3.63, 3.8) is 0 Å². The number of para-hydroxylation sites is 1.